The molecule has 3 rings (SSSR count). The Bertz CT molecular complexity index is 500. The van der Waals surface area contributed by atoms with Gasteiger partial charge in [0.15, 0.2) is 0 Å². The minimum atomic E-state index is -0.262. The Hall–Kier alpha value is -1.10. The summed E-state index contributed by atoms with van der Waals surface area (Å²) < 4.78 is 0. The van der Waals surface area contributed by atoms with Gasteiger partial charge in [0, 0.05) is 16.3 Å². The molecule has 0 aliphatic carbocycles. The van der Waals surface area contributed by atoms with Crippen molar-refractivity contribution in [3.8, 4) is 0 Å². The summed E-state index contributed by atoms with van der Waals surface area (Å²) in [5.74, 6) is 0.0171. The minimum absolute atomic E-state index is 0.0171. The molecule has 1 fully saturated rings. The number of halogens is 1. The lowest BCUT2D eigenvalue weighted by molar-refractivity contribution is -0.117. The van der Waals surface area contributed by atoms with E-state index >= 15 is 0 Å². The Labute approximate surface area is 124 Å². The standard InChI is InChI=1S/C15H20ClN3O/c16-11-4-5-13-12(10-11)14(15(20)18-13)17-6-3-9-19-7-1-2-8-19/h4-5,10,14,17H,1-3,6-9H2,(H,18,20). The number of hydrogen-bond donors (Lipinski definition) is 2. The molecule has 4 nitrogen and oxygen atoms in total. The van der Waals surface area contributed by atoms with Crippen molar-refractivity contribution >= 4 is 23.2 Å². The molecule has 2 N–H and O–H groups in total. The molecule has 2 heterocycles. The zero-order valence-electron chi connectivity index (χ0n) is 11.5. The van der Waals surface area contributed by atoms with E-state index in [0.717, 1.165) is 30.8 Å². The number of carbonyl (C=O) groups excluding carboxylic acids is 1. The number of rotatable bonds is 5. The van der Waals surface area contributed by atoms with Gasteiger partial charge < -0.3 is 15.5 Å². The molecular weight excluding hydrogens is 274 g/mol. The molecule has 0 saturated carbocycles. The Balaban J connectivity index is 1.52. The lowest BCUT2D eigenvalue weighted by atomic mass is 10.1. The van der Waals surface area contributed by atoms with E-state index < -0.39 is 0 Å². The van der Waals surface area contributed by atoms with Crippen molar-refractivity contribution in [2.45, 2.75) is 25.3 Å². The van der Waals surface area contributed by atoms with Gasteiger partial charge in [0.25, 0.3) is 0 Å². The summed E-state index contributed by atoms with van der Waals surface area (Å²) in [4.78, 5) is 14.5. The highest BCUT2D eigenvalue weighted by molar-refractivity contribution is 6.31. The van der Waals surface area contributed by atoms with Crippen molar-refractivity contribution in [1.29, 1.82) is 0 Å². The van der Waals surface area contributed by atoms with Crippen molar-refractivity contribution in [2.75, 3.05) is 31.5 Å². The first kappa shape index (κ1) is 13.9. The summed E-state index contributed by atoms with van der Waals surface area (Å²) in [5.41, 5.74) is 1.83. The maximum absolute atomic E-state index is 12.0. The predicted octanol–water partition coefficient (Wildman–Crippen LogP) is 2.41. The molecule has 0 aromatic heterocycles. The van der Waals surface area contributed by atoms with Crippen LogP contribution in [0, 0.1) is 0 Å². The molecular formula is C15H20ClN3O. The second-order valence-corrected chi connectivity index (χ2v) is 5.95. The molecule has 1 unspecified atom stereocenters. The molecule has 0 radical (unpaired) electrons. The van der Waals surface area contributed by atoms with E-state index in [4.69, 9.17) is 11.6 Å². The third-order valence-corrected chi connectivity index (χ3v) is 4.28. The molecule has 5 heteroatoms. The smallest absolute Gasteiger partial charge is 0.246 e. The van der Waals surface area contributed by atoms with Crippen LogP contribution in [-0.2, 0) is 4.79 Å². The van der Waals surface area contributed by atoms with Gasteiger partial charge in [-0.25, -0.2) is 0 Å². The zero-order valence-corrected chi connectivity index (χ0v) is 12.2. The number of carbonyl (C=O) groups is 1. The van der Waals surface area contributed by atoms with Crippen LogP contribution in [0.25, 0.3) is 0 Å². The maximum Gasteiger partial charge on any atom is 0.246 e. The zero-order chi connectivity index (χ0) is 13.9. The van der Waals surface area contributed by atoms with Gasteiger partial charge in [-0.1, -0.05) is 11.6 Å². The fraction of sp³-hybridized carbons (Fsp3) is 0.533. The average Bonchev–Trinajstić information content (AvgIpc) is 3.03. The number of hydrogen-bond acceptors (Lipinski definition) is 3. The summed E-state index contributed by atoms with van der Waals surface area (Å²) in [5, 5.41) is 6.90. The van der Waals surface area contributed by atoms with Crippen molar-refractivity contribution < 1.29 is 4.79 Å². The highest BCUT2D eigenvalue weighted by Crippen LogP contribution is 2.32. The summed E-state index contributed by atoms with van der Waals surface area (Å²) in [6, 6.07) is 5.27. The molecule has 1 saturated heterocycles. The summed E-state index contributed by atoms with van der Waals surface area (Å²) >= 11 is 6.01. The van der Waals surface area contributed by atoms with Crippen molar-refractivity contribution in [3.63, 3.8) is 0 Å². The predicted molar refractivity (Wildman–Crippen MR) is 81.1 cm³/mol. The third-order valence-electron chi connectivity index (χ3n) is 4.04. The summed E-state index contributed by atoms with van der Waals surface area (Å²) in [7, 11) is 0. The highest BCUT2D eigenvalue weighted by atomic mass is 35.5. The van der Waals surface area contributed by atoms with Crippen molar-refractivity contribution in [2.24, 2.45) is 0 Å². The van der Waals surface area contributed by atoms with E-state index in [2.05, 4.69) is 15.5 Å². The van der Waals surface area contributed by atoms with Crippen LogP contribution in [0.15, 0.2) is 18.2 Å². The van der Waals surface area contributed by atoms with Gasteiger partial charge >= 0.3 is 0 Å². The van der Waals surface area contributed by atoms with E-state index in [0.29, 0.717) is 5.02 Å². The van der Waals surface area contributed by atoms with Crippen LogP contribution < -0.4 is 10.6 Å². The van der Waals surface area contributed by atoms with Crippen molar-refractivity contribution in [1.82, 2.24) is 10.2 Å². The van der Waals surface area contributed by atoms with Crippen LogP contribution in [0.3, 0.4) is 0 Å². The largest absolute Gasteiger partial charge is 0.324 e. The van der Waals surface area contributed by atoms with E-state index in [9.17, 15) is 4.79 Å². The number of anilines is 1. The van der Waals surface area contributed by atoms with Gasteiger partial charge in [-0.15, -0.1) is 0 Å². The second kappa shape index (κ2) is 6.12. The van der Waals surface area contributed by atoms with E-state index in [1.807, 2.05) is 12.1 Å². The number of amides is 1. The number of nitrogens with one attached hydrogen (secondary N) is 2. The minimum Gasteiger partial charge on any atom is -0.324 e. The quantitative estimate of drug-likeness (QED) is 0.820. The lowest BCUT2D eigenvalue weighted by Crippen LogP contribution is -2.30. The molecule has 1 atom stereocenters. The lowest BCUT2D eigenvalue weighted by Gasteiger charge is -2.16. The Morgan fingerprint density at radius 1 is 1.35 bits per heavy atom. The van der Waals surface area contributed by atoms with Gasteiger partial charge in [0.05, 0.1) is 0 Å². The topological polar surface area (TPSA) is 44.4 Å². The Morgan fingerprint density at radius 2 is 2.15 bits per heavy atom. The third kappa shape index (κ3) is 2.97. The van der Waals surface area contributed by atoms with Crippen LogP contribution in [0.1, 0.15) is 30.9 Å². The molecule has 0 bridgehead atoms. The van der Waals surface area contributed by atoms with E-state index in [1.165, 1.54) is 25.9 Å². The molecule has 0 spiro atoms. The van der Waals surface area contributed by atoms with Crippen LogP contribution in [-0.4, -0.2) is 37.0 Å². The van der Waals surface area contributed by atoms with E-state index in [-0.39, 0.29) is 11.9 Å². The molecule has 108 valence electrons. The number of benzene rings is 1. The average molecular weight is 294 g/mol. The molecule has 20 heavy (non-hydrogen) atoms. The Morgan fingerprint density at radius 3 is 2.95 bits per heavy atom. The van der Waals surface area contributed by atoms with Crippen LogP contribution >= 0.6 is 11.6 Å². The fourth-order valence-corrected chi connectivity index (χ4v) is 3.17. The van der Waals surface area contributed by atoms with Crippen LogP contribution in [0.5, 0.6) is 0 Å². The van der Waals surface area contributed by atoms with Gasteiger partial charge in [0.2, 0.25) is 5.91 Å². The first-order valence-corrected chi connectivity index (χ1v) is 7.68. The molecule has 1 aromatic rings. The van der Waals surface area contributed by atoms with Crippen LogP contribution in [0.2, 0.25) is 5.02 Å². The number of nitrogens with zero attached hydrogens (tertiary/aromatic N) is 1. The maximum atomic E-state index is 12.0. The normalized spacial score (nSPS) is 22.1. The molecule has 1 aromatic carbocycles. The summed E-state index contributed by atoms with van der Waals surface area (Å²) in [6.45, 7) is 4.41. The number of fused-ring (bicyclic) bond motifs is 1. The van der Waals surface area contributed by atoms with E-state index in [1.54, 1.807) is 6.07 Å². The molecule has 2 aliphatic rings. The molecule has 1 amide bonds. The number of likely N-dealkylation sites (tertiary alicyclic amines) is 1. The molecule has 2 aliphatic heterocycles. The van der Waals surface area contributed by atoms with Crippen molar-refractivity contribution in [3.05, 3.63) is 28.8 Å². The fourth-order valence-electron chi connectivity index (χ4n) is 2.99. The Kier molecular flexibility index (Phi) is 4.24. The van der Waals surface area contributed by atoms with Gasteiger partial charge in [0.1, 0.15) is 6.04 Å². The van der Waals surface area contributed by atoms with Crippen LogP contribution in [0.4, 0.5) is 5.69 Å². The van der Waals surface area contributed by atoms with Gasteiger partial charge in [-0.3, -0.25) is 4.79 Å². The highest BCUT2D eigenvalue weighted by Gasteiger charge is 2.29. The summed E-state index contributed by atoms with van der Waals surface area (Å²) in [6.07, 6.45) is 3.72. The first-order chi connectivity index (χ1) is 9.74. The van der Waals surface area contributed by atoms with Gasteiger partial charge in [-0.05, 0) is 63.6 Å². The van der Waals surface area contributed by atoms with Gasteiger partial charge in [-0.2, -0.15) is 0 Å². The SMILES string of the molecule is O=C1Nc2ccc(Cl)cc2C1NCCCN1CCCC1. The monoisotopic (exact) mass is 293 g/mol. The first-order valence-electron chi connectivity index (χ1n) is 7.30. The second-order valence-electron chi connectivity index (χ2n) is 5.51.